The molecule has 0 spiro atoms. The molecule has 0 aliphatic carbocycles. The molecule has 4 nitrogen and oxygen atoms in total. The Morgan fingerprint density at radius 1 is 1.28 bits per heavy atom. The topological polar surface area (TPSA) is 57.6 Å². The molecule has 0 aliphatic heterocycles. The van der Waals surface area contributed by atoms with Gasteiger partial charge in [-0.25, -0.2) is 12.7 Å². The molecular weight excluding hydrogens is 250 g/mol. The van der Waals surface area contributed by atoms with E-state index < -0.39 is 10.0 Å². The molecule has 18 heavy (non-hydrogen) atoms. The van der Waals surface area contributed by atoms with Crippen LogP contribution in [0.2, 0.25) is 0 Å². The Morgan fingerprint density at radius 2 is 1.94 bits per heavy atom. The zero-order chi connectivity index (χ0) is 13.8. The quantitative estimate of drug-likeness (QED) is 0.858. The van der Waals surface area contributed by atoms with Crippen LogP contribution in [-0.2, 0) is 23.1 Å². The summed E-state index contributed by atoms with van der Waals surface area (Å²) in [6.07, 6.45) is 1.43. The molecule has 0 aromatic heterocycles. The van der Waals surface area contributed by atoms with Gasteiger partial charge in [0.1, 0.15) is 0 Å². The van der Waals surface area contributed by atoms with Gasteiger partial charge in [0.05, 0.1) is 11.5 Å². The Balaban J connectivity index is 3.29. The van der Waals surface area contributed by atoms with E-state index in [1.54, 1.807) is 25.2 Å². The number of benzene rings is 1. The van der Waals surface area contributed by atoms with Gasteiger partial charge in [-0.05, 0) is 30.0 Å². The normalized spacial score (nSPS) is 12.1. The minimum atomic E-state index is -3.45. The Bertz CT molecular complexity index is 497. The van der Waals surface area contributed by atoms with Gasteiger partial charge in [-0.1, -0.05) is 26.0 Å². The summed E-state index contributed by atoms with van der Waals surface area (Å²) in [5.41, 5.74) is 1.41. The lowest BCUT2D eigenvalue weighted by molar-refractivity contribution is 0.281. The van der Waals surface area contributed by atoms with E-state index >= 15 is 0 Å². The van der Waals surface area contributed by atoms with Crippen molar-refractivity contribution in [2.45, 2.75) is 38.2 Å². The zero-order valence-corrected chi connectivity index (χ0v) is 12.0. The first-order valence-corrected chi connectivity index (χ1v) is 7.60. The van der Waals surface area contributed by atoms with E-state index in [0.717, 1.165) is 12.0 Å². The molecule has 1 aromatic rings. The second kappa shape index (κ2) is 6.31. The van der Waals surface area contributed by atoms with Crippen LogP contribution in [0.3, 0.4) is 0 Å². The third kappa shape index (κ3) is 3.10. The summed E-state index contributed by atoms with van der Waals surface area (Å²) in [6, 6.07) is 5.11. The molecule has 5 heteroatoms. The van der Waals surface area contributed by atoms with Gasteiger partial charge in [-0.3, -0.25) is 0 Å². The first kappa shape index (κ1) is 15.1. The first-order valence-electron chi connectivity index (χ1n) is 6.16. The molecule has 1 N–H and O–H groups in total. The van der Waals surface area contributed by atoms with Crippen LogP contribution in [0.15, 0.2) is 23.1 Å². The van der Waals surface area contributed by atoms with Crippen molar-refractivity contribution in [1.29, 1.82) is 0 Å². The molecule has 0 saturated heterocycles. The number of aliphatic hydroxyl groups excluding tert-OH is 1. The second-order valence-corrected chi connectivity index (χ2v) is 6.29. The fourth-order valence-electron chi connectivity index (χ4n) is 1.83. The molecule has 0 bridgehead atoms. The van der Waals surface area contributed by atoms with Gasteiger partial charge >= 0.3 is 0 Å². The number of aliphatic hydroxyl groups is 1. The van der Waals surface area contributed by atoms with E-state index in [-0.39, 0.29) is 6.61 Å². The molecule has 1 aromatic carbocycles. The largest absolute Gasteiger partial charge is 0.392 e. The van der Waals surface area contributed by atoms with Crippen molar-refractivity contribution < 1.29 is 13.5 Å². The summed E-state index contributed by atoms with van der Waals surface area (Å²) in [6.45, 7) is 4.21. The van der Waals surface area contributed by atoms with E-state index in [1.807, 2.05) is 13.8 Å². The maximum absolute atomic E-state index is 12.4. The van der Waals surface area contributed by atoms with Gasteiger partial charge in [-0.15, -0.1) is 0 Å². The van der Waals surface area contributed by atoms with Crippen molar-refractivity contribution in [2.75, 3.05) is 13.6 Å². The molecule has 0 unspecified atom stereocenters. The van der Waals surface area contributed by atoms with E-state index in [1.165, 1.54) is 4.31 Å². The molecule has 0 heterocycles. The predicted molar refractivity (Wildman–Crippen MR) is 71.8 cm³/mol. The molecule has 0 fully saturated rings. The van der Waals surface area contributed by atoms with Crippen LogP contribution in [0.4, 0.5) is 0 Å². The third-order valence-electron chi connectivity index (χ3n) is 2.92. The highest BCUT2D eigenvalue weighted by molar-refractivity contribution is 7.89. The second-order valence-electron chi connectivity index (χ2n) is 4.28. The monoisotopic (exact) mass is 271 g/mol. The number of rotatable bonds is 6. The molecule has 1 rings (SSSR count). The van der Waals surface area contributed by atoms with Crippen molar-refractivity contribution in [3.8, 4) is 0 Å². The van der Waals surface area contributed by atoms with Crippen LogP contribution >= 0.6 is 0 Å². The van der Waals surface area contributed by atoms with Crippen LogP contribution in [0.25, 0.3) is 0 Å². The minimum absolute atomic E-state index is 0.149. The standard InChI is InChI=1S/C13H21NO3S/c1-4-8-14(3)18(16,17)13-9-11(10-15)6-7-12(13)5-2/h6-7,9,15H,4-5,8,10H2,1-3H3. The zero-order valence-electron chi connectivity index (χ0n) is 11.2. The van der Waals surface area contributed by atoms with Crippen molar-refractivity contribution in [2.24, 2.45) is 0 Å². The SMILES string of the molecule is CCCN(C)S(=O)(=O)c1cc(CO)ccc1CC. The van der Waals surface area contributed by atoms with Crippen LogP contribution in [0.5, 0.6) is 0 Å². The molecule has 0 saturated carbocycles. The average molecular weight is 271 g/mol. The predicted octanol–water partition coefficient (Wildman–Crippen LogP) is 1.77. The molecular formula is C13H21NO3S. The van der Waals surface area contributed by atoms with Crippen LogP contribution in [0.1, 0.15) is 31.4 Å². The molecule has 0 aliphatic rings. The van der Waals surface area contributed by atoms with E-state index in [9.17, 15) is 8.42 Å². The summed E-state index contributed by atoms with van der Waals surface area (Å²) in [4.78, 5) is 0.313. The number of sulfonamides is 1. The highest BCUT2D eigenvalue weighted by Gasteiger charge is 2.23. The van der Waals surface area contributed by atoms with Crippen molar-refractivity contribution in [3.05, 3.63) is 29.3 Å². The lowest BCUT2D eigenvalue weighted by Gasteiger charge is -2.19. The van der Waals surface area contributed by atoms with E-state index in [2.05, 4.69) is 0 Å². The third-order valence-corrected chi connectivity index (χ3v) is 4.86. The highest BCUT2D eigenvalue weighted by atomic mass is 32.2. The fourth-order valence-corrected chi connectivity index (χ4v) is 3.44. The average Bonchev–Trinajstić information content (AvgIpc) is 2.38. The highest BCUT2D eigenvalue weighted by Crippen LogP contribution is 2.22. The minimum Gasteiger partial charge on any atom is -0.392 e. The number of aryl methyl sites for hydroxylation is 1. The van der Waals surface area contributed by atoms with Crippen molar-refractivity contribution >= 4 is 10.0 Å². The summed E-state index contributed by atoms with van der Waals surface area (Å²) in [5, 5.41) is 9.12. The Kier molecular flexibility index (Phi) is 5.31. The Morgan fingerprint density at radius 3 is 2.44 bits per heavy atom. The maximum Gasteiger partial charge on any atom is 0.243 e. The Labute approximate surface area is 109 Å². The van der Waals surface area contributed by atoms with E-state index in [0.29, 0.717) is 23.4 Å². The number of nitrogens with zero attached hydrogens (tertiary/aromatic N) is 1. The summed E-state index contributed by atoms with van der Waals surface area (Å²) in [5.74, 6) is 0. The fraction of sp³-hybridized carbons (Fsp3) is 0.538. The summed E-state index contributed by atoms with van der Waals surface area (Å²) < 4.78 is 26.2. The van der Waals surface area contributed by atoms with Gasteiger partial charge in [-0.2, -0.15) is 0 Å². The maximum atomic E-state index is 12.4. The smallest absolute Gasteiger partial charge is 0.243 e. The summed E-state index contributed by atoms with van der Waals surface area (Å²) >= 11 is 0. The molecule has 102 valence electrons. The van der Waals surface area contributed by atoms with Crippen LogP contribution in [0, 0.1) is 0 Å². The van der Waals surface area contributed by atoms with Crippen molar-refractivity contribution in [1.82, 2.24) is 4.31 Å². The molecule has 0 atom stereocenters. The molecule has 0 radical (unpaired) electrons. The van der Waals surface area contributed by atoms with Gasteiger partial charge in [0.25, 0.3) is 0 Å². The number of hydrogen-bond acceptors (Lipinski definition) is 3. The Hall–Kier alpha value is -0.910. The van der Waals surface area contributed by atoms with Gasteiger partial charge in [0.2, 0.25) is 10.0 Å². The lowest BCUT2D eigenvalue weighted by Crippen LogP contribution is -2.28. The van der Waals surface area contributed by atoms with Gasteiger partial charge in [0.15, 0.2) is 0 Å². The van der Waals surface area contributed by atoms with Crippen LogP contribution < -0.4 is 0 Å². The molecule has 0 amide bonds. The lowest BCUT2D eigenvalue weighted by atomic mass is 10.1. The van der Waals surface area contributed by atoms with E-state index in [4.69, 9.17) is 5.11 Å². The first-order chi connectivity index (χ1) is 8.47. The number of hydrogen-bond donors (Lipinski definition) is 1. The van der Waals surface area contributed by atoms with Gasteiger partial charge < -0.3 is 5.11 Å². The van der Waals surface area contributed by atoms with Crippen LogP contribution in [-0.4, -0.2) is 31.4 Å². The van der Waals surface area contributed by atoms with Gasteiger partial charge in [0, 0.05) is 13.6 Å². The van der Waals surface area contributed by atoms with Crippen molar-refractivity contribution in [3.63, 3.8) is 0 Å². The summed E-state index contributed by atoms with van der Waals surface area (Å²) in [7, 11) is -1.87.